The minimum Gasteiger partial charge on any atom is -0.444 e. The van der Waals surface area contributed by atoms with Crippen LogP contribution in [-0.4, -0.2) is 53.0 Å². The molecule has 2 fully saturated rings. The summed E-state index contributed by atoms with van der Waals surface area (Å²) in [6.07, 6.45) is 8.23. The van der Waals surface area contributed by atoms with Gasteiger partial charge in [0.05, 0.1) is 5.60 Å². The Labute approximate surface area is 140 Å². The van der Waals surface area contributed by atoms with Crippen molar-refractivity contribution in [2.45, 2.75) is 89.4 Å². The second kappa shape index (κ2) is 7.84. The quantitative estimate of drug-likeness (QED) is 0.783. The summed E-state index contributed by atoms with van der Waals surface area (Å²) in [5, 5.41) is 14.2. The number of nitrogens with zero attached hydrogens (tertiary/aromatic N) is 1. The Morgan fingerprint density at radius 2 is 1.74 bits per heavy atom. The normalized spacial score (nSPS) is 23.4. The summed E-state index contributed by atoms with van der Waals surface area (Å²) in [7, 11) is 0. The summed E-state index contributed by atoms with van der Waals surface area (Å²) in [6, 6.07) is 0.390. The molecule has 0 radical (unpaired) electrons. The minimum atomic E-state index is -0.529. The van der Waals surface area contributed by atoms with E-state index >= 15 is 0 Å². The van der Waals surface area contributed by atoms with E-state index in [1.807, 2.05) is 20.8 Å². The highest BCUT2D eigenvalue weighted by Crippen LogP contribution is 2.27. The van der Waals surface area contributed by atoms with E-state index in [1.165, 1.54) is 12.8 Å². The zero-order chi connectivity index (χ0) is 16.9. The fraction of sp³-hybridized carbons (Fsp3) is 0.944. The molecule has 134 valence electrons. The first-order chi connectivity index (χ1) is 10.8. The molecule has 1 saturated carbocycles. The number of amides is 1. The van der Waals surface area contributed by atoms with Gasteiger partial charge in [0, 0.05) is 25.7 Å². The van der Waals surface area contributed by atoms with Gasteiger partial charge in [-0.05, 0) is 46.5 Å². The number of carbonyl (C=O) groups is 1. The van der Waals surface area contributed by atoms with E-state index in [0.29, 0.717) is 12.6 Å². The molecule has 0 bridgehead atoms. The number of ether oxygens (including phenoxy) is 1. The second-order valence-corrected chi connectivity index (χ2v) is 8.26. The first kappa shape index (κ1) is 18.5. The van der Waals surface area contributed by atoms with Crippen LogP contribution in [0.15, 0.2) is 0 Å². The fourth-order valence-electron chi connectivity index (χ4n) is 3.49. The third-order valence-corrected chi connectivity index (χ3v) is 4.90. The average molecular weight is 326 g/mol. The van der Waals surface area contributed by atoms with Crippen LogP contribution in [0.1, 0.15) is 72.1 Å². The number of nitrogens with one attached hydrogen (secondary N) is 1. The molecule has 0 spiro atoms. The zero-order valence-corrected chi connectivity index (χ0v) is 15.1. The first-order valence-electron chi connectivity index (χ1n) is 9.21. The van der Waals surface area contributed by atoms with Crippen molar-refractivity contribution < 1.29 is 14.6 Å². The molecule has 1 aliphatic heterocycles. The van der Waals surface area contributed by atoms with Gasteiger partial charge in [-0.15, -0.1) is 0 Å². The molecule has 0 aromatic heterocycles. The van der Waals surface area contributed by atoms with E-state index in [0.717, 1.165) is 51.6 Å². The summed E-state index contributed by atoms with van der Waals surface area (Å²) in [6.45, 7) is 7.83. The van der Waals surface area contributed by atoms with Crippen molar-refractivity contribution in [1.82, 2.24) is 10.2 Å². The molecule has 1 saturated heterocycles. The molecule has 1 heterocycles. The number of piperidine rings is 1. The fourth-order valence-corrected chi connectivity index (χ4v) is 3.49. The van der Waals surface area contributed by atoms with Crippen LogP contribution in [0.25, 0.3) is 0 Å². The maximum atomic E-state index is 12.1. The van der Waals surface area contributed by atoms with Crippen molar-refractivity contribution >= 4 is 6.09 Å². The Hall–Kier alpha value is -0.810. The molecular weight excluding hydrogens is 292 g/mol. The Bertz CT molecular complexity index is 376. The highest BCUT2D eigenvalue weighted by atomic mass is 16.6. The second-order valence-electron chi connectivity index (χ2n) is 8.26. The van der Waals surface area contributed by atoms with Crippen LogP contribution in [0, 0.1) is 0 Å². The molecule has 2 rings (SSSR count). The summed E-state index contributed by atoms with van der Waals surface area (Å²) >= 11 is 0. The molecule has 2 aliphatic rings. The Morgan fingerprint density at radius 3 is 2.26 bits per heavy atom. The van der Waals surface area contributed by atoms with Crippen LogP contribution < -0.4 is 5.32 Å². The van der Waals surface area contributed by atoms with E-state index < -0.39 is 11.2 Å². The minimum absolute atomic E-state index is 0.210. The van der Waals surface area contributed by atoms with Crippen molar-refractivity contribution in [1.29, 1.82) is 0 Å². The van der Waals surface area contributed by atoms with E-state index in [4.69, 9.17) is 4.74 Å². The maximum absolute atomic E-state index is 12.1. The van der Waals surface area contributed by atoms with Crippen molar-refractivity contribution in [2.75, 3.05) is 19.6 Å². The predicted molar refractivity (Wildman–Crippen MR) is 91.5 cm³/mol. The molecule has 1 aliphatic carbocycles. The molecule has 0 unspecified atom stereocenters. The molecule has 1 amide bonds. The van der Waals surface area contributed by atoms with E-state index in [-0.39, 0.29) is 6.09 Å². The van der Waals surface area contributed by atoms with Crippen LogP contribution in [0.4, 0.5) is 4.79 Å². The summed E-state index contributed by atoms with van der Waals surface area (Å²) < 4.78 is 5.42. The number of carbonyl (C=O) groups excluding carboxylic acids is 1. The highest BCUT2D eigenvalue weighted by Gasteiger charge is 2.31. The molecule has 0 aromatic rings. The number of rotatable bonds is 3. The lowest BCUT2D eigenvalue weighted by Crippen LogP contribution is -2.50. The molecule has 0 atom stereocenters. The molecule has 5 heteroatoms. The molecular formula is C18H34N2O3. The van der Waals surface area contributed by atoms with Crippen LogP contribution in [-0.2, 0) is 4.74 Å². The number of hydrogen-bond donors (Lipinski definition) is 2. The van der Waals surface area contributed by atoms with Crippen LogP contribution in [0.2, 0.25) is 0 Å². The zero-order valence-electron chi connectivity index (χ0n) is 15.1. The lowest BCUT2D eigenvalue weighted by atomic mass is 9.93. The van der Waals surface area contributed by atoms with Gasteiger partial charge in [0.15, 0.2) is 0 Å². The van der Waals surface area contributed by atoms with Gasteiger partial charge in [-0.2, -0.15) is 0 Å². The lowest BCUT2D eigenvalue weighted by Gasteiger charge is -2.35. The summed E-state index contributed by atoms with van der Waals surface area (Å²) in [4.78, 5) is 13.9. The van der Waals surface area contributed by atoms with Crippen LogP contribution in [0.3, 0.4) is 0 Å². The van der Waals surface area contributed by atoms with Crippen LogP contribution >= 0.6 is 0 Å². The number of likely N-dealkylation sites (tertiary alicyclic amines) is 1. The monoisotopic (exact) mass is 326 g/mol. The molecule has 23 heavy (non-hydrogen) atoms. The van der Waals surface area contributed by atoms with Crippen LogP contribution in [0.5, 0.6) is 0 Å². The van der Waals surface area contributed by atoms with E-state index in [2.05, 4.69) is 5.32 Å². The average Bonchev–Trinajstić information content (AvgIpc) is 2.69. The van der Waals surface area contributed by atoms with Gasteiger partial charge in [0.25, 0.3) is 0 Å². The topological polar surface area (TPSA) is 61.8 Å². The van der Waals surface area contributed by atoms with Gasteiger partial charge in [-0.25, -0.2) is 4.79 Å². The summed E-state index contributed by atoms with van der Waals surface area (Å²) in [5.74, 6) is 0. The Balaban J connectivity index is 1.71. The van der Waals surface area contributed by atoms with E-state index in [9.17, 15) is 9.90 Å². The SMILES string of the molecule is CC(C)(C)OC(=O)N1CCC(NCC2(O)CCCCCC2)CC1. The molecule has 0 aromatic carbocycles. The van der Waals surface area contributed by atoms with Crippen molar-refractivity contribution in [3.05, 3.63) is 0 Å². The lowest BCUT2D eigenvalue weighted by molar-refractivity contribution is 0.0117. The van der Waals surface area contributed by atoms with Gasteiger partial charge < -0.3 is 20.1 Å². The maximum Gasteiger partial charge on any atom is 0.410 e. The highest BCUT2D eigenvalue weighted by molar-refractivity contribution is 5.68. The van der Waals surface area contributed by atoms with Gasteiger partial charge in [0.1, 0.15) is 5.60 Å². The van der Waals surface area contributed by atoms with Gasteiger partial charge in [-0.3, -0.25) is 0 Å². The number of aliphatic hydroxyl groups is 1. The van der Waals surface area contributed by atoms with Gasteiger partial charge in [-0.1, -0.05) is 25.7 Å². The largest absolute Gasteiger partial charge is 0.444 e. The number of hydrogen-bond acceptors (Lipinski definition) is 4. The summed E-state index contributed by atoms with van der Waals surface area (Å²) in [5.41, 5.74) is -0.965. The van der Waals surface area contributed by atoms with Crippen molar-refractivity contribution in [3.63, 3.8) is 0 Å². The smallest absolute Gasteiger partial charge is 0.410 e. The third-order valence-electron chi connectivity index (χ3n) is 4.90. The van der Waals surface area contributed by atoms with Crippen molar-refractivity contribution in [3.8, 4) is 0 Å². The first-order valence-corrected chi connectivity index (χ1v) is 9.21. The van der Waals surface area contributed by atoms with Crippen molar-refractivity contribution in [2.24, 2.45) is 0 Å². The molecule has 2 N–H and O–H groups in total. The standard InChI is InChI=1S/C18H34N2O3/c1-17(2,3)23-16(21)20-12-8-15(9-13-20)19-14-18(22)10-6-4-5-7-11-18/h15,19,22H,4-14H2,1-3H3. The third kappa shape index (κ3) is 6.30. The van der Waals surface area contributed by atoms with E-state index in [1.54, 1.807) is 4.90 Å². The Kier molecular flexibility index (Phi) is 6.32. The van der Waals surface area contributed by atoms with Gasteiger partial charge in [0.2, 0.25) is 0 Å². The molecule has 5 nitrogen and oxygen atoms in total. The predicted octanol–water partition coefficient (Wildman–Crippen LogP) is 3.06. The Morgan fingerprint density at radius 1 is 1.17 bits per heavy atom. The van der Waals surface area contributed by atoms with Gasteiger partial charge >= 0.3 is 6.09 Å².